The topological polar surface area (TPSA) is 67.9 Å². The summed E-state index contributed by atoms with van der Waals surface area (Å²) in [5.41, 5.74) is 0.624. The van der Waals surface area contributed by atoms with Crippen molar-refractivity contribution in [2.45, 2.75) is 6.10 Å². The normalized spacial score (nSPS) is 16.3. The van der Waals surface area contributed by atoms with E-state index in [-0.39, 0.29) is 25.4 Å². The van der Waals surface area contributed by atoms with E-state index >= 15 is 0 Å². The molecule has 1 aliphatic heterocycles. The molecule has 0 radical (unpaired) electrons. The van der Waals surface area contributed by atoms with Crippen molar-refractivity contribution in [1.29, 1.82) is 0 Å². The van der Waals surface area contributed by atoms with E-state index in [4.69, 9.17) is 21.1 Å². The van der Waals surface area contributed by atoms with E-state index in [1.165, 1.54) is 23.1 Å². The zero-order valence-electron chi connectivity index (χ0n) is 13.7. The van der Waals surface area contributed by atoms with Crippen LogP contribution in [0.5, 0.6) is 5.75 Å². The third-order valence-corrected chi connectivity index (χ3v) is 3.95. The Labute approximate surface area is 154 Å². The van der Waals surface area contributed by atoms with E-state index in [1.54, 1.807) is 30.3 Å². The minimum Gasteiger partial charge on any atom is -0.481 e. The number of anilines is 1. The Hall–Kier alpha value is -2.80. The maximum absolute atomic E-state index is 13.4. The first-order valence-corrected chi connectivity index (χ1v) is 8.28. The molecule has 1 heterocycles. The first-order chi connectivity index (χ1) is 12.5. The molecule has 1 fully saturated rings. The lowest BCUT2D eigenvalue weighted by molar-refractivity contribution is -0.123. The largest absolute Gasteiger partial charge is 0.481 e. The van der Waals surface area contributed by atoms with Crippen LogP contribution >= 0.6 is 11.6 Å². The van der Waals surface area contributed by atoms with Crippen LogP contribution in [0.1, 0.15) is 0 Å². The van der Waals surface area contributed by atoms with Gasteiger partial charge in [0.2, 0.25) is 0 Å². The summed E-state index contributed by atoms with van der Waals surface area (Å²) in [4.78, 5) is 25.2. The third-order valence-electron chi connectivity index (χ3n) is 3.72. The highest BCUT2D eigenvalue weighted by atomic mass is 35.5. The van der Waals surface area contributed by atoms with Gasteiger partial charge in [-0.05, 0) is 30.3 Å². The second-order valence-electron chi connectivity index (χ2n) is 5.62. The zero-order chi connectivity index (χ0) is 18.5. The number of halogens is 2. The van der Waals surface area contributed by atoms with E-state index in [2.05, 4.69) is 5.32 Å². The highest BCUT2D eigenvalue weighted by Gasteiger charge is 2.32. The van der Waals surface area contributed by atoms with Crippen molar-refractivity contribution in [3.8, 4) is 5.75 Å². The van der Waals surface area contributed by atoms with E-state index in [1.807, 2.05) is 0 Å². The molecule has 0 aliphatic carbocycles. The van der Waals surface area contributed by atoms with Crippen LogP contribution in [0.25, 0.3) is 0 Å². The number of nitrogens with one attached hydrogen (secondary N) is 1. The number of amides is 2. The molecule has 1 aliphatic rings. The first-order valence-electron chi connectivity index (χ1n) is 7.90. The number of para-hydroxylation sites is 1. The zero-order valence-corrected chi connectivity index (χ0v) is 14.4. The summed E-state index contributed by atoms with van der Waals surface area (Å²) in [6.07, 6.45) is -1.01. The Morgan fingerprint density at radius 2 is 2.12 bits per heavy atom. The second kappa shape index (κ2) is 8.05. The minimum absolute atomic E-state index is 0.00192. The van der Waals surface area contributed by atoms with Gasteiger partial charge in [0, 0.05) is 10.7 Å². The predicted molar refractivity (Wildman–Crippen MR) is 94.0 cm³/mol. The Morgan fingerprint density at radius 3 is 2.88 bits per heavy atom. The molecule has 0 unspecified atom stereocenters. The summed E-state index contributed by atoms with van der Waals surface area (Å²) in [5, 5.41) is 3.11. The van der Waals surface area contributed by atoms with Crippen LogP contribution in [-0.4, -0.2) is 37.8 Å². The number of nitrogens with zero attached hydrogens (tertiary/aromatic N) is 1. The SMILES string of the molecule is O=C(COc1ccccc1F)NC[C@H]1CN(c2cccc(Cl)c2)C(=O)O1. The standard InChI is InChI=1S/C18H16ClFN2O4/c19-12-4-3-5-13(8-12)22-10-14(26-18(22)24)9-21-17(23)11-25-16-7-2-1-6-15(16)20/h1-8,14H,9-11H2,(H,21,23)/t14-/m0/s1. The van der Waals surface area contributed by atoms with Crippen LogP contribution in [0.2, 0.25) is 5.02 Å². The van der Waals surface area contributed by atoms with E-state index in [9.17, 15) is 14.0 Å². The van der Waals surface area contributed by atoms with Gasteiger partial charge in [-0.25, -0.2) is 9.18 Å². The molecule has 2 aromatic rings. The lowest BCUT2D eigenvalue weighted by Gasteiger charge is -2.13. The minimum atomic E-state index is -0.540. The number of hydrogen-bond acceptors (Lipinski definition) is 4. The number of carbonyl (C=O) groups is 2. The van der Waals surface area contributed by atoms with Crippen molar-refractivity contribution in [3.63, 3.8) is 0 Å². The third kappa shape index (κ3) is 4.43. The molecule has 6 nitrogen and oxygen atoms in total. The Bertz CT molecular complexity index is 817. The lowest BCUT2D eigenvalue weighted by atomic mass is 10.2. The molecule has 1 saturated heterocycles. The summed E-state index contributed by atoms with van der Waals surface area (Å²) >= 11 is 5.93. The van der Waals surface area contributed by atoms with Gasteiger partial charge in [-0.2, -0.15) is 0 Å². The van der Waals surface area contributed by atoms with Crippen LogP contribution in [-0.2, 0) is 9.53 Å². The second-order valence-corrected chi connectivity index (χ2v) is 6.06. The Kier molecular flexibility index (Phi) is 5.58. The van der Waals surface area contributed by atoms with Gasteiger partial charge >= 0.3 is 6.09 Å². The van der Waals surface area contributed by atoms with Crippen molar-refractivity contribution in [2.24, 2.45) is 0 Å². The number of ether oxygens (including phenoxy) is 2. The highest BCUT2D eigenvalue weighted by Crippen LogP contribution is 2.24. The Balaban J connectivity index is 1.47. The predicted octanol–water partition coefficient (Wildman–Crippen LogP) is 3.00. The molecule has 0 spiro atoms. The monoisotopic (exact) mass is 378 g/mol. The van der Waals surface area contributed by atoms with Crippen molar-refractivity contribution in [1.82, 2.24) is 5.32 Å². The summed E-state index contributed by atoms with van der Waals surface area (Å²) < 4.78 is 23.8. The van der Waals surface area contributed by atoms with E-state index in [0.717, 1.165) is 0 Å². The van der Waals surface area contributed by atoms with Gasteiger partial charge in [0.25, 0.3) is 5.91 Å². The van der Waals surface area contributed by atoms with Crippen molar-refractivity contribution in [2.75, 3.05) is 24.6 Å². The molecular formula is C18H16ClFN2O4. The molecule has 1 N–H and O–H groups in total. The smallest absolute Gasteiger partial charge is 0.414 e. The fourth-order valence-corrected chi connectivity index (χ4v) is 2.65. The van der Waals surface area contributed by atoms with Gasteiger partial charge in [-0.3, -0.25) is 9.69 Å². The average Bonchev–Trinajstić information content (AvgIpc) is 3.00. The fourth-order valence-electron chi connectivity index (χ4n) is 2.47. The van der Waals surface area contributed by atoms with E-state index in [0.29, 0.717) is 10.7 Å². The van der Waals surface area contributed by atoms with Crippen LogP contribution in [0.4, 0.5) is 14.9 Å². The van der Waals surface area contributed by atoms with Gasteiger partial charge in [0.15, 0.2) is 18.2 Å². The average molecular weight is 379 g/mol. The molecule has 136 valence electrons. The van der Waals surface area contributed by atoms with Gasteiger partial charge in [-0.1, -0.05) is 29.8 Å². The molecule has 1 atom stereocenters. The highest BCUT2D eigenvalue weighted by molar-refractivity contribution is 6.30. The maximum Gasteiger partial charge on any atom is 0.414 e. The summed E-state index contributed by atoms with van der Waals surface area (Å²) in [6.45, 7) is 0.0789. The number of rotatable bonds is 6. The first kappa shape index (κ1) is 18.0. The van der Waals surface area contributed by atoms with E-state index < -0.39 is 23.9 Å². The molecule has 0 aromatic heterocycles. The summed E-state index contributed by atoms with van der Waals surface area (Å²) in [5.74, 6) is -0.977. The fraction of sp³-hybridized carbons (Fsp3) is 0.222. The molecule has 26 heavy (non-hydrogen) atoms. The van der Waals surface area contributed by atoms with Gasteiger partial charge in [0.05, 0.1) is 13.1 Å². The molecule has 0 saturated carbocycles. The summed E-state index contributed by atoms with van der Waals surface area (Å²) in [7, 11) is 0. The number of hydrogen-bond donors (Lipinski definition) is 1. The molecule has 0 bridgehead atoms. The number of cyclic esters (lactones) is 1. The van der Waals surface area contributed by atoms with Gasteiger partial charge < -0.3 is 14.8 Å². The number of benzene rings is 2. The molecule has 2 aromatic carbocycles. The van der Waals surface area contributed by atoms with Gasteiger partial charge in [0.1, 0.15) is 6.10 Å². The van der Waals surface area contributed by atoms with Crippen molar-refractivity contribution >= 4 is 29.3 Å². The number of carbonyl (C=O) groups excluding carboxylic acids is 2. The summed E-state index contributed by atoms with van der Waals surface area (Å²) in [6, 6.07) is 12.7. The quantitative estimate of drug-likeness (QED) is 0.839. The van der Waals surface area contributed by atoms with Crippen molar-refractivity contribution in [3.05, 3.63) is 59.4 Å². The Morgan fingerprint density at radius 1 is 1.31 bits per heavy atom. The maximum atomic E-state index is 13.4. The van der Waals surface area contributed by atoms with Crippen molar-refractivity contribution < 1.29 is 23.5 Å². The molecule has 3 rings (SSSR count). The molecule has 8 heteroatoms. The van der Waals surface area contributed by atoms with Crippen LogP contribution in [0.15, 0.2) is 48.5 Å². The molecule has 2 amide bonds. The van der Waals surface area contributed by atoms with Crippen LogP contribution < -0.4 is 15.0 Å². The van der Waals surface area contributed by atoms with Gasteiger partial charge in [-0.15, -0.1) is 0 Å². The van der Waals surface area contributed by atoms with Crippen LogP contribution in [0.3, 0.4) is 0 Å². The molecular weight excluding hydrogens is 363 g/mol. The van der Waals surface area contributed by atoms with Crippen LogP contribution in [0, 0.1) is 5.82 Å². The lowest BCUT2D eigenvalue weighted by Crippen LogP contribution is -2.37.